The molecular formula is C15H16N2O3S. The molecule has 1 aromatic carbocycles. The van der Waals surface area contributed by atoms with Crippen LogP contribution in [0.4, 0.5) is 5.69 Å². The van der Waals surface area contributed by atoms with Gasteiger partial charge in [0.25, 0.3) is 0 Å². The number of aromatic nitrogens is 1. The van der Waals surface area contributed by atoms with E-state index in [1.165, 1.54) is 0 Å². The number of thiazole rings is 1. The molecule has 0 unspecified atom stereocenters. The van der Waals surface area contributed by atoms with Gasteiger partial charge in [0.1, 0.15) is 9.88 Å². The van der Waals surface area contributed by atoms with Crippen molar-refractivity contribution in [3.63, 3.8) is 0 Å². The van der Waals surface area contributed by atoms with Gasteiger partial charge in [0, 0.05) is 5.69 Å². The summed E-state index contributed by atoms with van der Waals surface area (Å²) in [5.41, 5.74) is 2.30. The summed E-state index contributed by atoms with van der Waals surface area (Å²) in [5, 5.41) is 12.3. The molecular weight excluding hydrogens is 288 g/mol. The summed E-state index contributed by atoms with van der Waals surface area (Å²) in [6.07, 6.45) is 0.910. The average molecular weight is 304 g/mol. The Labute approximate surface area is 126 Å². The summed E-state index contributed by atoms with van der Waals surface area (Å²) in [6.45, 7) is 3.65. The molecule has 2 rings (SSSR count). The van der Waals surface area contributed by atoms with Gasteiger partial charge < -0.3 is 10.4 Å². The third-order valence-corrected chi connectivity index (χ3v) is 4.16. The molecule has 0 aliphatic heterocycles. The highest BCUT2D eigenvalue weighted by atomic mass is 32.1. The fourth-order valence-corrected chi connectivity index (χ4v) is 2.91. The lowest BCUT2D eigenvalue weighted by atomic mass is 10.1. The van der Waals surface area contributed by atoms with E-state index >= 15 is 0 Å². The number of nitrogens with zero attached hydrogens (tertiary/aromatic N) is 1. The Morgan fingerprint density at radius 2 is 2.05 bits per heavy atom. The number of carboxylic acid groups (broad SMARTS) is 1. The van der Waals surface area contributed by atoms with Gasteiger partial charge in [-0.05, 0) is 25.0 Å². The number of hydrogen-bond acceptors (Lipinski definition) is 4. The van der Waals surface area contributed by atoms with E-state index < -0.39 is 5.97 Å². The SMILES string of the molecule is CCc1ccccc1NC(=O)Cc1nc(C)c(C(=O)O)s1. The van der Waals surface area contributed by atoms with Crippen molar-refractivity contribution in [2.45, 2.75) is 26.7 Å². The molecule has 0 saturated carbocycles. The third kappa shape index (κ3) is 3.66. The van der Waals surface area contributed by atoms with Crippen molar-refractivity contribution in [2.24, 2.45) is 0 Å². The molecule has 0 radical (unpaired) electrons. The lowest BCUT2D eigenvalue weighted by Crippen LogP contribution is -2.15. The molecule has 21 heavy (non-hydrogen) atoms. The van der Waals surface area contributed by atoms with Crippen LogP contribution in [0, 0.1) is 6.92 Å². The average Bonchev–Trinajstić information content (AvgIpc) is 2.80. The van der Waals surface area contributed by atoms with Crippen LogP contribution in [0.5, 0.6) is 0 Å². The van der Waals surface area contributed by atoms with E-state index in [1.807, 2.05) is 31.2 Å². The standard InChI is InChI=1S/C15H16N2O3S/c1-3-10-6-4-5-7-11(10)17-12(18)8-13-16-9(2)14(21-13)15(19)20/h4-7H,3,8H2,1-2H3,(H,17,18)(H,19,20). The fraction of sp³-hybridized carbons (Fsp3) is 0.267. The van der Waals surface area contributed by atoms with Gasteiger partial charge in [-0.25, -0.2) is 9.78 Å². The van der Waals surface area contributed by atoms with Crippen molar-refractivity contribution < 1.29 is 14.7 Å². The molecule has 0 atom stereocenters. The minimum absolute atomic E-state index is 0.0802. The van der Waals surface area contributed by atoms with Crippen molar-refractivity contribution in [3.05, 3.63) is 45.4 Å². The number of nitrogens with one attached hydrogen (secondary N) is 1. The largest absolute Gasteiger partial charge is 0.477 e. The smallest absolute Gasteiger partial charge is 0.347 e. The van der Waals surface area contributed by atoms with Gasteiger partial charge in [0.2, 0.25) is 5.91 Å². The van der Waals surface area contributed by atoms with E-state index in [1.54, 1.807) is 6.92 Å². The molecule has 0 bridgehead atoms. The van der Waals surface area contributed by atoms with E-state index in [9.17, 15) is 9.59 Å². The quantitative estimate of drug-likeness (QED) is 0.890. The van der Waals surface area contributed by atoms with Crippen LogP contribution >= 0.6 is 11.3 Å². The molecule has 1 aromatic heterocycles. The second-order valence-electron chi connectivity index (χ2n) is 4.56. The van der Waals surface area contributed by atoms with Crippen LogP contribution in [0.2, 0.25) is 0 Å². The number of carbonyl (C=O) groups is 2. The molecule has 0 aliphatic rings. The Morgan fingerprint density at radius 3 is 2.67 bits per heavy atom. The number of anilines is 1. The first-order valence-corrected chi connectivity index (χ1v) is 7.40. The van der Waals surface area contributed by atoms with Gasteiger partial charge in [0.15, 0.2) is 0 Å². The van der Waals surface area contributed by atoms with Gasteiger partial charge in [-0.3, -0.25) is 4.79 Å². The molecule has 2 N–H and O–H groups in total. The van der Waals surface area contributed by atoms with Crippen molar-refractivity contribution >= 4 is 28.9 Å². The maximum absolute atomic E-state index is 12.0. The van der Waals surface area contributed by atoms with Crippen LogP contribution < -0.4 is 5.32 Å². The molecule has 0 aliphatic carbocycles. The lowest BCUT2D eigenvalue weighted by molar-refractivity contribution is -0.115. The topological polar surface area (TPSA) is 79.3 Å². The fourth-order valence-electron chi connectivity index (χ4n) is 2.01. The molecule has 1 amide bonds. The predicted molar refractivity (Wildman–Crippen MR) is 82.0 cm³/mol. The first-order valence-electron chi connectivity index (χ1n) is 6.58. The summed E-state index contributed by atoms with van der Waals surface area (Å²) < 4.78 is 0. The maximum atomic E-state index is 12.0. The maximum Gasteiger partial charge on any atom is 0.347 e. The van der Waals surface area contributed by atoms with Gasteiger partial charge in [-0.15, -0.1) is 11.3 Å². The van der Waals surface area contributed by atoms with Crippen LogP contribution in [0.3, 0.4) is 0 Å². The zero-order valence-electron chi connectivity index (χ0n) is 11.8. The van der Waals surface area contributed by atoms with Gasteiger partial charge in [-0.2, -0.15) is 0 Å². The van der Waals surface area contributed by atoms with Crippen LogP contribution in [0.25, 0.3) is 0 Å². The summed E-state index contributed by atoms with van der Waals surface area (Å²) in [4.78, 5) is 27.3. The zero-order chi connectivity index (χ0) is 15.4. The molecule has 0 spiro atoms. The Balaban J connectivity index is 2.08. The normalized spacial score (nSPS) is 10.4. The van der Waals surface area contributed by atoms with Crippen LogP contribution in [0.15, 0.2) is 24.3 Å². The summed E-state index contributed by atoms with van der Waals surface area (Å²) >= 11 is 1.04. The van der Waals surface area contributed by atoms with Gasteiger partial charge >= 0.3 is 5.97 Å². The number of para-hydroxylation sites is 1. The second-order valence-corrected chi connectivity index (χ2v) is 5.65. The van der Waals surface area contributed by atoms with E-state index in [2.05, 4.69) is 10.3 Å². The van der Waals surface area contributed by atoms with Crippen molar-refractivity contribution in [2.75, 3.05) is 5.32 Å². The lowest BCUT2D eigenvalue weighted by Gasteiger charge is -2.08. The molecule has 0 saturated heterocycles. The number of carbonyl (C=O) groups excluding carboxylic acids is 1. The Bertz CT molecular complexity index is 679. The van der Waals surface area contributed by atoms with Crippen LogP contribution in [-0.2, 0) is 17.6 Å². The monoisotopic (exact) mass is 304 g/mol. The van der Waals surface area contributed by atoms with Crippen LogP contribution in [-0.4, -0.2) is 22.0 Å². The third-order valence-electron chi connectivity index (χ3n) is 3.02. The van der Waals surface area contributed by atoms with Crippen molar-refractivity contribution in [1.82, 2.24) is 4.98 Å². The number of aryl methyl sites for hydroxylation is 2. The van der Waals surface area contributed by atoms with E-state index in [0.29, 0.717) is 10.7 Å². The number of aromatic carboxylic acids is 1. The first-order chi connectivity index (χ1) is 10.0. The zero-order valence-corrected chi connectivity index (χ0v) is 12.7. The Kier molecular flexibility index (Phi) is 4.70. The molecule has 110 valence electrons. The first kappa shape index (κ1) is 15.2. The summed E-state index contributed by atoms with van der Waals surface area (Å²) in [5.74, 6) is -1.20. The second kappa shape index (κ2) is 6.49. The minimum Gasteiger partial charge on any atom is -0.477 e. The summed E-state index contributed by atoms with van der Waals surface area (Å²) in [6, 6.07) is 7.61. The summed E-state index contributed by atoms with van der Waals surface area (Å²) in [7, 11) is 0. The van der Waals surface area contributed by atoms with Crippen molar-refractivity contribution in [1.29, 1.82) is 0 Å². The predicted octanol–water partition coefficient (Wildman–Crippen LogP) is 2.89. The number of benzene rings is 1. The highest BCUT2D eigenvalue weighted by Gasteiger charge is 2.16. The number of carboxylic acids is 1. The van der Waals surface area contributed by atoms with E-state index in [0.717, 1.165) is 29.0 Å². The van der Waals surface area contributed by atoms with E-state index in [-0.39, 0.29) is 17.2 Å². The molecule has 1 heterocycles. The van der Waals surface area contributed by atoms with Gasteiger partial charge in [-0.1, -0.05) is 25.1 Å². The highest BCUT2D eigenvalue weighted by Crippen LogP contribution is 2.20. The van der Waals surface area contributed by atoms with Crippen molar-refractivity contribution in [3.8, 4) is 0 Å². The number of amides is 1. The van der Waals surface area contributed by atoms with E-state index in [4.69, 9.17) is 5.11 Å². The number of rotatable bonds is 5. The Hall–Kier alpha value is -2.21. The molecule has 0 fully saturated rings. The van der Waals surface area contributed by atoms with Crippen LogP contribution in [0.1, 0.15) is 32.9 Å². The highest BCUT2D eigenvalue weighted by molar-refractivity contribution is 7.13. The number of hydrogen-bond donors (Lipinski definition) is 2. The molecule has 6 heteroatoms. The molecule has 2 aromatic rings. The minimum atomic E-state index is -1.01. The molecule has 5 nitrogen and oxygen atoms in total. The van der Waals surface area contributed by atoms with Gasteiger partial charge in [0.05, 0.1) is 12.1 Å². The Morgan fingerprint density at radius 1 is 1.33 bits per heavy atom.